The lowest BCUT2D eigenvalue weighted by molar-refractivity contribution is 0.0891. The fourth-order valence-corrected chi connectivity index (χ4v) is 1.40. The first kappa shape index (κ1) is 13.9. The minimum Gasteiger partial charge on any atom is -0.396 e. The van der Waals surface area contributed by atoms with Crippen LogP contribution in [0.4, 0.5) is 0 Å². The van der Waals surface area contributed by atoms with Crippen LogP contribution in [0.2, 0.25) is 0 Å². The number of ether oxygens (including phenoxy) is 1. The molecule has 1 atom stereocenters. The molecule has 0 aromatic rings. The predicted molar refractivity (Wildman–Crippen MR) is 60.4 cm³/mol. The molecule has 0 saturated heterocycles. The Kier molecular flexibility index (Phi) is 9.42. The summed E-state index contributed by atoms with van der Waals surface area (Å²) < 4.78 is 5.59. The maximum Gasteiger partial charge on any atom is 0.0494 e. The van der Waals surface area contributed by atoms with Crippen molar-refractivity contribution in [2.75, 3.05) is 19.8 Å². The standard InChI is InChI=1S/C12H26O2/c1-4-12(5-2)10-14-8-6-7-11(3)9-13/h11-13H,4-10H2,1-3H3. The molecule has 0 bridgehead atoms. The van der Waals surface area contributed by atoms with Crippen molar-refractivity contribution < 1.29 is 9.84 Å². The molecule has 0 aromatic carbocycles. The monoisotopic (exact) mass is 202 g/mol. The lowest BCUT2D eigenvalue weighted by Crippen LogP contribution is -2.09. The van der Waals surface area contributed by atoms with E-state index in [2.05, 4.69) is 20.8 Å². The first-order valence-electron chi connectivity index (χ1n) is 5.93. The van der Waals surface area contributed by atoms with Gasteiger partial charge in [-0.05, 0) is 24.7 Å². The topological polar surface area (TPSA) is 29.5 Å². The highest BCUT2D eigenvalue weighted by atomic mass is 16.5. The van der Waals surface area contributed by atoms with Crippen molar-refractivity contribution >= 4 is 0 Å². The van der Waals surface area contributed by atoms with Crippen LogP contribution in [0.25, 0.3) is 0 Å². The van der Waals surface area contributed by atoms with E-state index >= 15 is 0 Å². The van der Waals surface area contributed by atoms with Crippen molar-refractivity contribution in [3.05, 3.63) is 0 Å². The lowest BCUT2D eigenvalue weighted by atomic mass is 10.1. The molecule has 0 spiro atoms. The average Bonchev–Trinajstić information content (AvgIpc) is 2.23. The Balaban J connectivity index is 3.20. The number of hydrogen-bond donors (Lipinski definition) is 1. The summed E-state index contributed by atoms with van der Waals surface area (Å²) in [5.41, 5.74) is 0. The molecule has 0 aliphatic carbocycles. The second kappa shape index (κ2) is 9.47. The molecule has 2 heteroatoms. The summed E-state index contributed by atoms with van der Waals surface area (Å²) in [6, 6.07) is 0. The number of aliphatic hydroxyl groups excluding tert-OH is 1. The van der Waals surface area contributed by atoms with Crippen LogP contribution in [-0.4, -0.2) is 24.9 Å². The molecule has 1 unspecified atom stereocenters. The van der Waals surface area contributed by atoms with Gasteiger partial charge >= 0.3 is 0 Å². The van der Waals surface area contributed by atoms with E-state index in [-0.39, 0.29) is 0 Å². The number of rotatable bonds is 9. The molecule has 0 rings (SSSR count). The molecule has 0 amide bonds. The summed E-state index contributed by atoms with van der Waals surface area (Å²) in [5.74, 6) is 1.15. The third-order valence-electron chi connectivity index (χ3n) is 2.81. The van der Waals surface area contributed by atoms with Crippen LogP contribution in [0.5, 0.6) is 0 Å². The van der Waals surface area contributed by atoms with E-state index in [1.54, 1.807) is 0 Å². The fourth-order valence-electron chi connectivity index (χ4n) is 1.40. The highest BCUT2D eigenvalue weighted by Gasteiger charge is 2.03. The summed E-state index contributed by atoms with van der Waals surface area (Å²) in [4.78, 5) is 0. The van der Waals surface area contributed by atoms with E-state index in [0.29, 0.717) is 12.5 Å². The van der Waals surface area contributed by atoms with Crippen LogP contribution < -0.4 is 0 Å². The molecule has 0 fully saturated rings. The van der Waals surface area contributed by atoms with Gasteiger partial charge in [0.2, 0.25) is 0 Å². The zero-order chi connectivity index (χ0) is 10.8. The Bertz CT molecular complexity index is 111. The minimum atomic E-state index is 0.298. The number of aliphatic hydroxyl groups is 1. The van der Waals surface area contributed by atoms with Gasteiger partial charge in [-0.25, -0.2) is 0 Å². The quantitative estimate of drug-likeness (QED) is 0.583. The van der Waals surface area contributed by atoms with E-state index < -0.39 is 0 Å². The molecule has 0 heterocycles. The first-order chi connectivity index (χ1) is 6.74. The van der Waals surface area contributed by atoms with E-state index in [1.165, 1.54) is 12.8 Å². The Hall–Kier alpha value is -0.0800. The molecule has 14 heavy (non-hydrogen) atoms. The maximum atomic E-state index is 8.81. The molecule has 86 valence electrons. The molecular formula is C12H26O2. The van der Waals surface area contributed by atoms with Crippen LogP contribution in [0.3, 0.4) is 0 Å². The molecule has 0 radical (unpaired) electrons. The minimum absolute atomic E-state index is 0.298. The number of hydrogen-bond acceptors (Lipinski definition) is 2. The Morgan fingerprint density at radius 3 is 2.36 bits per heavy atom. The predicted octanol–water partition coefficient (Wildman–Crippen LogP) is 2.85. The van der Waals surface area contributed by atoms with Gasteiger partial charge in [0.25, 0.3) is 0 Å². The van der Waals surface area contributed by atoms with Crippen molar-refractivity contribution in [2.24, 2.45) is 11.8 Å². The van der Waals surface area contributed by atoms with Crippen molar-refractivity contribution in [3.63, 3.8) is 0 Å². The zero-order valence-corrected chi connectivity index (χ0v) is 9.96. The summed E-state index contributed by atoms with van der Waals surface area (Å²) in [6.45, 7) is 8.55. The Labute approximate surface area is 88.7 Å². The largest absolute Gasteiger partial charge is 0.396 e. The van der Waals surface area contributed by atoms with Crippen LogP contribution in [0.15, 0.2) is 0 Å². The average molecular weight is 202 g/mol. The van der Waals surface area contributed by atoms with Crippen molar-refractivity contribution in [1.82, 2.24) is 0 Å². The van der Waals surface area contributed by atoms with Gasteiger partial charge < -0.3 is 9.84 Å². The van der Waals surface area contributed by atoms with E-state index in [1.807, 2.05) is 0 Å². The van der Waals surface area contributed by atoms with Gasteiger partial charge in [0, 0.05) is 19.8 Å². The normalized spacial score (nSPS) is 13.5. The van der Waals surface area contributed by atoms with Gasteiger partial charge in [-0.2, -0.15) is 0 Å². The van der Waals surface area contributed by atoms with Crippen LogP contribution in [0.1, 0.15) is 46.5 Å². The lowest BCUT2D eigenvalue weighted by Gasteiger charge is -2.13. The zero-order valence-electron chi connectivity index (χ0n) is 9.96. The van der Waals surface area contributed by atoms with Gasteiger partial charge in [0.1, 0.15) is 0 Å². The van der Waals surface area contributed by atoms with Crippen LogP contribution in [0, 0.1) is 11.8 Å². The fraction of sp³-hybridized carbons (Fsp3) is 1.00. The molecule has 0 aliphatic rings. The highest BCUT2D eigenvalue weighted by Crippen LogP contribution is 2.09. The summed E-state index contributed by atoms with van der Waals surface area (Å²) in [7, 11) is 0. The third-order valence-corrected chi connectivity index (χ3v) is 2.81. The third kappa shape index (κ3) is 7.34. The van der Waals surface area contributed by atoms with Crippen molar-refractivity contribution in [3.8, 4) is 0 Å². The molecule has 2 nitrogen and oxygen atoms in total. The Morgan fingerprint density at radius 1 is 1.21 bits per heavy atom. The van der Waals surface area contributed by atoms with Gasteiger partial charge in [-0.1, -0.05) is 33.6 Å². The maximum absolute atomic E-state index is 8.81. The summed E-state index contributed by atoms with van der Waals surface area (Å²) in [6.07, 6.45) is 4.56. The van der Waals surface area contributed by atoms with Crippen molar-refractivity contribution in [2.45, 2.75) is 46.5 Å². The summed E-state index contributed by atoms with van der Waals surface area (Å²) >= 11 is 0. The summed E-state index contributed by atoms with van der Waals surface area (Å²) in [5, 5.41) is 8.81. The van der Waals surface area contributed by atoms with Gasteiger partial charge in [0.15, 0.2) is 0 Å². The van der Waals surface area contributed by atoms with E-state index in [0.717, 1.165) is 32.0 Å². The van der Waals surface area contributed by atoms with Gasteiger partial charge in [-0.3, -0.25) is 0 Å². The second-order valence-electron chi connectivity index (χ2n) is 4.19. The molecule has 0 saturated carbocycles. The molecule has 1 N–H and O–H groups in total. The highest BCUT2D eigenvalue weighted by molar-refractivity contribution is 4.53. The Morgan fingerprint density at radius 2 is 1.86 bits per heavy atom. The molecule has 0 aromatic heterocycles. The van der Waals surface area contributed by atoms with E-state index in [9.17, 15) is 0 Å². The van der Waals surface area contributed by atoms with Gasteiger partial charge in [0.05, 0.1) is 0 Å². The van der Waals surface area contributed by atoms with Crippen LogP contribution >= 0.6 is 0 Å². The van der Waals surface area contributed by atoms with Gasteiger partial charge in [-0.15, -0.1) is 0 Å². The van der Waals surface area contributed by atoms with E-state index in [4.69, 9.17) is 9.84 Å². The second-order valence-corrected chi connectivity index (χ2v) is 4.19. The smallest absolute Gasteiger partial charge is 0.0494 e. The van der Waals surface area contributed by atoms with Crippen molar-refractivity contribution in [1.29, 1.82) is 0 Å². The SMILES string of the molecule is CCC(CC)COCCCC(C)CO. The molecular weight excluding hydrogens is 176 g/mol. The first-order valence-corrected chi connectivity index (χ1v) is 5.93. The van der Waals surface area contributed by atoms with Crippen LogP contribution in [-0.2, 0) is 4.74 Å². The molecule has 0 aliphatic heterocycles.